The number of rotatable bonds is 4. The molecular formula is C14H16ClN3O2. The summed E-state index contributed by atoms with van der Waals surface area (Å²) in [5.74, 6) is 1.86. The summed E-state index contributed by atoms with van der Waals surface area (Å²) in [6.45, 7) is 0. The number of nitrogen functional groups attached to an aromatic ring is 1. The minimum absolute atomic E-state index is 0.252. The lowest BCUT2D eigenvalue weighted by Crippen LogP contribution is -2.02. The van der Waals surface area contributed by atoms with Crippen LogP contribution in [0.5, 0.6) is 11.5 Å². The van der Waals surface area contributed by atoms with Gasteiger partial charge in [0.15, 0.2) is 11.5 Å². The summed E-state index contributed by atoms with van der Waals surface area (Å²) in [7, 11) is 3.39. The predicted molar refractivity (Wildman–Crippen MR) is 78.3 cm³/mol. The molecule has 0 bridgehead atoms. The highest BCUT2D eigenvalue weighted by molar-refractivity contribution is 6.31. The van der Waals surface area contributed by atoms with Crippen molar-refractivity contribution in [3.05, 3.63) is 23.4 Å². The van der Waals surface area contributed by atoms with E-state index >= 15 is 0 Å². The summed E-state index contributed by atoms with van der Waals surface area (Å²) in [5.41, 5.74) is 7.66. The molecule has 106 valence electrons. The zero-order chi connectivity index (χ0) is 14.3. The lowest BCUT2D eigenvalue weighted by Gasteiger charge is -2.15. The fourth-order valence-electron chi connectivity index (χ4n) is 2.05. The molecule has 1 fully saturated rings. The average molecular weight is 294 g/mol. The Hall–Kier alpha value is -1.88. The number of anilines is 1. The van der Waals surface area contributed by atoms with Crippen LogP contribution in [-0.2, 0) is 7.05 Å². The molecule has 3 rings (SSSR count). The lowest BCUT2D eigenvalue weighted by atomic mass is 10.1. The standard InChI is InChI=1S/C14H16ClN3O2/c1-18-14(16)11(7-17-18)10-5-8(15)6-12(19-2)13(10)20-9-3-4-9/h5-7,9H,3-4,16H2,1-2H3. The smallest absolute Gasteiger partial charge is 0.169 e. The van der Waals surface area contributed by atoms with Crippen molar-refractivity contribution in [3.63, 3.8) is 0 Å². The number of nitrogens with two attached hydrogens (primary N) is 1. The number of methoxy groups -OCH3 is 1. The van der Waals surface area contributed by atoms with Gasteiger partial charge in [-0.15, -0.1) is 0 Å². The van der Waals surface area contributed by atoms with Crippen molar-refractivity contribution in [2.24, 2.45) is 7.05 Å². The summed E-state index contributed by atoms with van der Waals surface area (Å²) in [4.78, 5) is 0. The first kappa shape index (κ1) is 13.1. The first-order chi connectivity index (χ1) is 9.60. The van der Waals surface area contributed by atoms with Crippen LogP contribution >= 0.6 is 11.6 Å². The van der Waals surface area contributed by atoms with Gasteiger partial charge in [-0.05, 0) is 18.9 Å². The van der Waals surface area contributed by atoms with E-state index in [1.165, 1.54) is 0 Å². The van der Waals surface area contributed by atoms with Crippen molar-refractivity contribution in [2.75, 3.05) is 12.8 Å². The van der Waals surface area contributed by atoms with Gasteiger partial charge in [0, 0.05) is 29.3 Å². The number of ether oxygens (including phenoxy) is 2. The number of aromatic nitrogens is 2. The van der Waals surface area contributed by atoms with Crippen LogP contribution in [0.1, 0.15) is 12.8 Å². The Kier molecular flexibility index (Phi) is 3.22. The van der Waals surface area contributed by atoms with Crippen molar-refractivity contribution < 1.29 is 9.47 Å². The van der Waals surface area contributed by atoms with Crippen LogP contribution in [0.4, 0.5) is 5.82 Å². The van der Waals surface area contributed by atoms with Crippen LogP contribution < -0.4 is 15.2 Å². The number of benzene rings is 1. The number of hydrogen-bond donors (Lipinski definition) is 1. The Morgan fingerprint density at radius 1 is 1.35 bits per heavy atom. The average Bonchev–Trinajstić information content (AvgIpc) is 3.18. The zero-order valence-corrected chi connectivity index (χ0v) is 12.1. The summed E-state index contributed by atoms with van der Waals surface area (Å²) < 4.78 is 13.0. The Labute approximate surface area is 122 Å². The SMILES string of the molecule is COc1cc(Cl)cc(-c2cnn(C)c2N)c1OC1CC1. The fourth-order valence-corrected chi connectivity index (χ4v) is 2.26. The number of aryl methyl sites for hydroxylation is 1. The molecular weight excluding hydrogens is 278 g/mol. The van der Waals surface area contributed by atoms with E-state index in [4.69, 9.17) is 26.8 Å². The largest absolute Gasteiger partial charge is 0.493 e. The molecule has 0 aliphatic heterocycles. The van der Waals surface area contributed by atoms with E-state index in [1.807, 2.05) is 6.07 Å². The molecule has 2 aromatic rings. The molecule has 1 saturated carbocycles. The van der Waals surface area contributed by atoms with E-state index in [9.17, 15) is 0 Å². The Balaban J connectivity index is 2.16. The molecule has 0 spiro atoms. The molecule has 0 radical (unpaired) electrons. The summed E-state index contributed by atoms with van der Waals surface area (Å²) >= 11 is 6.16. The van der Waals surface area contributed by atoms with Crippen molar-refractivity contribution in [1.82, 2.24) is 9.78 Å². The molecule has 0 atom stereocenters. The minimum atomic E-state index is 0.252. The second-order valence-corrected chi connectivity index (χ2v) is 5.31. The zero-order valence-electron chi connectivity index (χ0n) is 11.4. The normalized spacial score (nSPS) is 14.3. The van der Waals surface area contributed by atoms with Gasteiger partial charge in [-0.2, -0.15) is 5.10 Å². The van der Waals surface area contributed by atoms with Crippen molar-refractivity contribution in [2.45, 2.75) is 18.9 Å². The summed E-state index contributed by atoms with van der Waals surface area (Å²) in [5, 5.41) is 4.74. The molecule has 20 heavy (non-hydrogen) atoms. The van der Waals surface area contributed by atoms with Gasteiger partial charge in [-0.1, -0.05) is 11.6 Å². The Bertz CT molecular complexity index is 650. The third-order valence-electron chi connectivity index (χ3n) is 3.32. The predicted octanol–water partition coefficient (Wildman–Crippen LogP) is 2.87. The molecule has 1 aromatic heterocycles. The minimum Gasteiger partial charge on any atom is -0.493 e. The van der Waals surface area contributed by atoms with Crippen LogP contribution in [-0.4, -0.2) is 23.0 Å². The van der Waals surface area contributed by atoms with Crippen LogP contribution in [0.25, 0.3) is 11.1 Å². The lowest BCUT2D eigenvalue weighted by molar-refractivity contribution is 0.283. The van der Waals surface area contributed by atoms with E-state index in [-0.39, 0.29) is 6.10 Å². The van der Waals surface area contributed by atoms with E-state index in [2.05, 4.69) is 5.10 Å². The van der Waals surface area contributed by atoms with Crippen molar-refractivity contribution in [3.8, 4) is 22.6 Å². The maximum Gasteiger partial charge on any atom is 0.169 e. The van der Waals surface area contributed by atoms with Crippen LogP contribution in [0.3, 0.4) is 0 Å². The highest BCUT2D eigenvalue weighted by Gasteiger charge is 2.28. The topological polar surface area (TPSA) is 62.3 Å². The third kappa shape index (κ3) is 2.29. The highest BCUT2D eigenvalue weighted by Crippen LogP contribution is 2.44. The summed E-state index contributed by atoms with van der Waals surface area (Å²) in [6, 6.07) is 3.57. The van der Waals surface area contributed by atoms with Crippen LogP contribution in [0.15, 0.2) is 18.3 Å². The van der Waals surface area contributed by atoms with E-state index in [1.54, 1.807) is 31.1 Å². The van der Waals surface area contributed by atoms with Crippen molar-refractivity contribution >= 4 is 17.4 Å². The number of hydrogen-bond acceptors (Lipinski definition) is 4. The Morgan fingerprint density at radius 2 is 2.10 bits per heavy atom. The second-order valence-electron chi connectivity index (χ2n) is 4.87. The maximum absolute atomic E-state index is 6.16. The van der Waals surface area contributed by atoms with Gasteiger partial charge < -0.3 is 15.2 Å². The molecule has 1 aliphatic rings. The highest BCUT2D eigenvalue weighted by atomic mass is 35.5. The monoisotopic (exact) mass is 293 g/mol. The molecule has 0 saturated heterocycles. The van der Waals surface area contributed by atoms with Crippen LogP contribution in [0, 0.1) is 0 Å². The first-order valence-electron chi connectivity index (χ1n) is 6.42. The molecule has 0 amide bonds. The molecule has 5 nitrogen and oxygen atoms in total. The van der Waals surface area contributed by atoms with Gasteiger partial charge in [0.05, 0.1) is 19.4 Å². The first-order valence-corrected chi connectivity index (χ1v) is 6.80. The van der Waals surface area contributed by atoms with E-state index < -0.39 is 0 Å². The molecule has 1 aliphatic carbocycles. The fraction of sp³-hybridized carbons (Fsp3) is 0.357. The maximum atomic E-state index is 6.16. The molecule has 6 heteroatoms. The number of halogens is 1. The van der Waals surface area contributed by atoms with Gasteiger partial charge in [0.25, 0.3) is 0 Å². The Morgan fingerprint density at radius 3 is 2.65 bits per heavy atom. The van der Waals surface area contributed by atoms with E-state index in [0.717, 1.165) is 24.0 Å². The van der Waals surface area contributed by atoms with Gasteiger partial charge in [-0.25, -0.2) is 0 Å². The number of nitrogens with zero attached hydrogens (tertiary/aromatic N) is 2. The van der Waals surface area contributed by atoms with Gasteiger partial charge in [-0.3, -0.25) is 4.68 Å². The molecule has 1 aromatic carbocycles. The second kappa shape index (κ2) is 4.90. The van der Waals surface area contributed by atoms with Gasteiger partial charge in [0.1, 0.15) is 5.82 Å². The van der Waals surface area contributed by atoms with Gasteiger partial charge in [0.2, 0.25) is 0 Å². The quantitative estimate of drug-likeness (QED) is 0.941. The molecule has 1 heterocycles. The van der Waals surface area contributed by atoms with E-state index in [0.29, 0.717) is 22.3 Å². The third-order valence-corrected chi connectivity index (χ3v) is 3.54. The van der Waals surface area contributed by atoms with Crippen LogP contribution in [0.2, 0.25) is 5.02 Å². The summed E-state index contributed by atoms with van der Waals surface area (Å²) in [6.07, 6.45) is 4.09. The van der Waals surface area contributed by atoms with Gasteiger partial charge >= 0.3 is 0 Å². The molecule has 0 unspecified atom stereocenters. The molecule has 2 N–H and O–H groups in total. The van der Waals surface area contributed by atoms with Crippen molar-refractivity contribution in [1.29, 1.82) is 0 Å².